The normalized spacial score (nSPS) is 11.1. The van der Waals surface area contributed by atoms with Crippen LogP contribution in [0.4, 0.5) is 5.82 Å². The quantitative estimate of drug-likeness (QED) is 0.698. The van der Waals surface area contributed by atoms with Crippen LogP contribution < -0.4 is 14.2 Å². The standard InChI is InChI=1S/C20H20N2O4S/c1-14-5-4-6-20(21-14)22-27(23,24)17-10-7-15(8-11-17)18-12-9-16(25-2)13-19(18)26-3/h4-13H,1-3H3,(H,21,22). The number of nitrogens with one attached hydrogen (secondary N) is 1. The van der Waals surface area contributed by atoms with Crippen LogP contribution in [0.25, 0.3) is 11.1 Å². The lowest BCUT2D eigenvalue weighted by Crippen LogP contribution is -2.14. The Hall–Kier alpha value is -3.06. The van der Waals surface area contributed by atoms with Crippen molar-refractivity contribution in [3.63, 3.8) is 0 Å². The van der Waals surface area contributed by atoms with Crippen molar-refractivity contribution in [3.8, 4) is 22.6 Å². The van der Waals surface area contributed by atoms with Crippen LogP contribution in [-0.4, -0.2) is 27.6 Å². The zero-order valence-corrected chi connectivity index (χ0v) is 16.1. The van der Waals surface area contributed by atoms with E-state index in [1.165, 1.54) is 0 Å². The van der Waals surface area contributed by atoms with Gasteiger partial charge in [-0.15, -0.1) is 0 Å². The number of aryl methyl sites for hydroxylation is 1. The second kappa shape index (κ2) is 7.67. The first kappa shape index (κ1) is 18.7. The van der Waals surface area contributed by atoms with Crippen molar-refractivity contribution in [1.29, 1.82) is 0 Å². The zero-order valence-electron chi connectivity index (χ0n) is 15.3. The molecule has 0 atom stereocenters. The molecule has 140 valence electrons. The number of aromatic nitrogens is 1. The highest BCUT2D eigenvalue weighted by Gasteiger charge is 2.16. The largest absolute Gasteiger partial charge is 0.497 e. The third-order valence-corrected chi connectivity index (χ3v) is 5.38. The van der Waals surface area contributed by atoms with Crippen LogP contribution in [-0.2, 0) is 10.0 Å². The van der Waals surface area contributed by atoms with Crippen molar-refractivity contribution in [1.82, 2.24) is 4.98 Å². The summed E-state index contributed by atoms with van der Waals surface area (Å²) in [4.78, 5) is 4.32. The summed E-state index contributed by atoms with van der Waals surface area (Å²) < 4.78 is 38.3. The van der Waals surface area contributed by atoms with Gasteiger partial charge in [0.25, 0.3) is 10.0 Å². The SMILES string of the molecule is COc1ccc(-c2ccc(S(=O)(=O)Nc3cccc(C)n3)cc2)c(OC)c1. The van der Waals surface area contributed by atoms with E-state index >= 15 is 0 Å². The number of hydrogen-bond donors (Lipinski definition) is 1. The smallest absolute Gasteiger partial charge is 0.263 e. The Kier molecular flexibility index (Phi) is 5.32. The Morgan fingerprint density at radius 3 is 2.30 bits per heavy atom. The minimum absolute atomic E-state index is 0.155. The summed E-state index contributed by atoms with van der Waals surface area (Å²) in [6.45, 7) is 1.80. The number of sulfonamides is 1. The van der Waals surface area contributed by atoms with E-state index in [0.717, 1.165) is 16.8 Å². The fourth-order valence-electron chi connectivity index (χ4n) is 2.65. The molecule has 3 aromatic rings. The number of rotatable bonds is 6. The summed E-state index contributed by atoms with van der Waals surface area (Å²) >= 11 is 0. The molecule has 2 aromatic carbocycles. The lowest BCUT2D eigenvalue weighted by atomic mass is 10.0. The maximum Gasteiger partial charge on any atom is 0.263 e. The third kappa shape index (κ3) is 4.20. The average molecular weight is 384 g/mol. The minimum atomic E-state index is -3.72. The van der Waals surface area contributed by atoms with Crippen molar-refractivity contribution < 1.29 is 17.9 Å². The summed E-state index contributed by atoms with van der Waals surface area (Å²) in [5, 5.41) is 0. The molecule has 0 fully saturated rings. The molecule has 7 heteroatoms. The number of anilines is 1. The predicted molar refractivity (Wildman–Crippen MR) is 105 cm³/mol. The van der Waals surface area contributed by atoms with E-state index in [9.17, 15) is 8.42 Å². The molecule has 1 aromatic heterocycles. The molecule has 0 saturated carbocycles. The third-order valence-electron chi connectivity index (χ3n) is 4.01. The van der Waals surface area contributed by atoms with Gasteiger partial charge in [0.15, 0.2) is 0 Å². The molecule has 0 aliphatic carbocycles. The van der Waals surface area contributed by atoms with Crippen molar-refractivity contribution in [2.24, 2.45) is 0 Å². The molecule has 0 amide bonds. The van der Waals surface area contributed by atoms with Gasteiger partial charge in [-0.25, -0.2) is 13.4 Å². The molecule has 27 heavy (non-hydrogen) atoms. The number of pyridine rings is 1. The van der Waals surface area contributed by atoms with E-state index in [-0.39, 0.29) is 10.7 Å². The van der Waals surface area contributed by atoms with Crippen molar-refractivity contribution in [2.45, 2.75) is 11.8 Å². The van der Waals surface area contributed by atoms with Gasteiger partial charge in [0.1, 0.15) is 17.3 Å². The highest BCUT2D eigenvalue weighted by molar-refractivity contribution is 7.92. The molecule has 0 saturated heterocycles. The van der Waals surface area contributed by atoms with Gasteiger partial charge in [0.2, 0.25) is 0 Å². The van der Waals surface area contributed by atoms with E-state index in [0.29, 0.717) is 11.5 Å². The zero-order chi connectivity index (χ0) is 19.4. The Balaban J connectivity index is 1.89. The Morgan fingerprint density at radius 2 is 1.67 bits per heavy atom. The van der Waals surface area contributed by atoms with Crippen LogP contribution in [0.2, 0.25) is 0 Å². The first-order valence-corrected chi connectivity index (χ1v) is 9.70. The lowest BCUT2D eigenvalue weighted by Gasteiger charge is -2.12. The lowest BCUT2D eigenvalue weighted by molar-refractivity contribution is 0.395. The first-order chi connectivity index (χ1) is 12.9. The molecule has 0 aliphatic rings. The molecule has 0 radical (unpaired) electrons. The van der Waals surface area contributed by atoms with Gasteiger partial charge in [0, 0.05) is 17.3 Å². The summed E-state index contributed by atoms with van der Waals surface area (Å²) in [5.41, 5.74) is 2.41. The molecule has 0 aliphatic heterocycles. The fraction of sp³-hybridized carbons (Fsp3) is 0.150. The summed E-state index contributed by atoms with van der Waals surface area (Å²) in [7, 11) is -0.552. The molecule has 1 heterocycles. The summed E-state index contributed by atoms with van der Waals surface area (Å²) in [5.74, 6) is 1.62. The number of methoxy groups -OCH3 is 2. The van der Waals surface area contributed by atoms with Crippen molar-refractivity contribution in [2.75, 3.05) is 18.9 Å². The Morgan fingerprint density at radius 1 is 0.926 bits per heavy atom. The number of ether oxygens (including phenoxy) is 2. The number of benzene rings is 2. The molecular weight excluding hydrogens is 364 g/mol. The maximum absolute atomic E-state index is 12.6. The van der Waals surface area contributed by atoms with Crippen LogP contribution in [0.3, 0.4) is 0 Å². The fourth-order valence-corrected chi connectivity index (χ4v) is 3.65. The average Bonchev–Trinajstić information content (AvgIpc) is 2.67. The van der Waals surface area contributed by atoms with Crippen LogP contribution in [0, 0.1) is 6.92 Å². The van der Waals surface area contributed by atoms with E-state index in [4.69, 9.17) is 9.47 Å². The van der Waals surface area contributed by atoms with Gasteiger partial charge >= 0.3 is 0 Å². The van der Waals surface area contributed by atoms with Crippen LogP contribution in [0.15, 0.2) is 65.6 Å². The minimum Gasteiger partial charge on any atom is -0.497 e. The first-order valence-electron chi connectivity index (χ1n) is 8.22. The van der Waals surface area contributed by atoms with E-state index < -0.39 is 10.0 Å². The maximum atomic E-state index is 12.6. The Bertz CT molecular complexity index is 1050. The highest BCUT2D eigenvalue weighted by Crippen LogP contribution is 2.33. The van der Waals surface area contributed by atoms with Gasteiger partial charge in [0.05, 0.1) is 19.1 Å². The van der Waals surface area contributed by atoms with Crippen LogP contribution >= 0.6 is 0 Å². The van der Waals surface area contributed by atoms with E-state index in [1.807, 2.05) is 12.1 Å². The number of nitrogens with zero attached hydrogens (tertiary/aromatic N) is 1. The van der Waals surface area contributed by atoms with Crippen molar-refractivity contribution >= 4 is 15.8 Å². The molecule has 3 rings (SSSR count). The summed E-state index contributed by atoms with van der Waals surface area (Å²) in [6, 6.07) is 17.2. The molecule has 1 N–H and O–H groups in total. The van der Waals surface area contributed by atoms with Gasteiger partial charge < -0.3 is 9.47 Å². The monoisotopic (exact) mass is 384 g/mol. The highest BCUT2D eigenvalue weighted by atomic mass is 32.2. The second-order valence-corrected chi connectivity index (χ2v) is 7.54. The van der Waals surface area contributed by atoms with Crippen LogP contribution in [0.1, 0.15) is 5.69 Å². The molecular formula is C20H20N2O4S. The van der Waals surface area contributed by atoms with Gasteiger partial charge in [-0.05, 0) is 48.9 Å². The van der Waals surface area contributed by atoms with Gasteiger partial charge in [-0.3, -0.25) is 4.72 Å². The summed E-state index contributed by atoms with van der Waals surface area (Å²) in [6.07, 6.45) is 0. The second-order valence-electron chi connectivity index (χ2n) is 5.86. The van der Waals surface area contributed by atoms with E-state index in [1.54, 1.807) is 69.7 Å². The molecule has 0 spiro atoms. The predicted octanol–water partition coefficient (Wildman–Crippen LogP) is 3.88. The van der Waals surface area contributed by atoms with Crippen LogP contribution in [0.5, 0.6) is 11.5 Å². The molecule has 0 bridgehead atoms. The molecule has 0 unspecified atom stereocenters. The molecule has 6 nitrogen and oxygen atoms in total. The van der Waals surface area contributed by atoms with Gasteiger partial charge in [-0.2, -0.15) is 0 Å². The van der Waals surface area contributed by atoms with E-state index in [2.05, 4.69) is 9.71 Å². The number of hydrogen-bond acceptors (Lipinski definition) is 5. The van der Waals surface area contributed by atoms with Crippen molar-refractivity contribution in [3.05, 3.63) is 66.4 Å². The topological polar surface area (TPSA) is 77.5 Å². The Labute approximate surface area is 158 Å². The van der Waals surface area contributed by atoms with Gasteiger partial charge in [-0.1, -0.05) is 18.2 Å².